The summed E-state index contributed by atoms with van der Waals surface area (Å²) in [4.78, 5) is 0. The van der Waals surface area contributed by atoms with E-state index in [1.54, 1.807) is 0 Å². The molecule has 0 heterocycles. The highest BCUT2D eigenvalue weighted by Crippen LogP contribution is 2.07. The molecule has 0 bridgehead atoms. The van der Waals surface area contributed by atoms with Gasteiger partial charge in [-0.05, 0) is 19.8 Å². The molecule has 0 amide bonds. The minimum atomic E-state index is 1.16. The summed E-state index contributed by atoms with van der Waals surface area (Å²) in [5, 5.41) is 6.24. The first-order chi connectivity index (χ1) is 6.66. The molecular formula is C12H26N2. The van der Waals surface area contributed by atoms with Gasteiger partial charge < -0.3 is 5.01 Å². The molecule has 0 saturated heterocycles. The normalized spacial score (nSPS) is 11.9. The van der Waals surface area contributed by atoms with Gasteiger partial charge in [0.2, 0.25) is 0 Å². The molecule has 0 aliphatic heterocycles. The summed E-state index contributed by atoms with van der Waals surface area (Å²) < 4.78 is 0. The third kappa shape index (κ3) is 9.56. The van der Waals surface area contributed by atoms with Crippen molar-refractivity contribution in [3.63, 3.8) is 0 Å². The van der Waals surface area contributed by atoms with E-state index in [0.29, 0.717) is 0 Å². The molecule has 0 unspecified atom stereocenters. The molecule has 0 rings (SSSR count). The predicted octanol–water partition coefficient (Wildman–Crippen LogP) is 3.67. The Morgan fingerprint density at radius 2 is 1.57 bits per heavy atom. The van der Waals surface area contributed by atoms with Gasteiger partial charge in [0.25, 0.3) is 0 Å². The molecule has 0 aliphatic carbocycles. The van der Waals surface area contributed by atoms with Crippen LogP contribution in [0.5, 0.6) is 0 Å². The quantitative estimate of drug-likeness (QED) is 0.330. The summed E-state index contributed by atoms with van der Waals surface area (Å²) in [5.74, 6) is 0. The lowest BCUT2D eigenvalue weighted by Crippen LogP contribution is -2.06. The molecule has 0 aromatic rings. The lowest BCUT2D eigenvalue weighted by Gasteiger charge is -2.06. The molecule has 0 aromatic carbocycles. The van der Waals surface area contributed by atoms with Gasteiger partial charge in [-0.25, -0.2) is 0 Å². The standard InChI is InChI=1S/C12H26N2/c1-5-6-7-8-9-10-11-12(2)13-14(3)4/h5-11H2,1-4H3. The fourth-order valence-electron chi connectivity index (χ4n) is 1.55. The van der Waals surface area contributed by atoms with Gasteiger partial charge in [-0.15, -0.1) is 0 Å². The fraction of sp³-hybridized carbons (Fsp3) is 0.917. The SMILES string of the molecule is CCCCCCCCC(C)=NN(C)C. The van der Waals surface area contributed by atoms with Gasteiger partial charge >= 0.3 is 0 Å². The average molecular weight is 198 g/mol. The molecule has 14 heavy (non-hydrogen) atoms. The van der Waals surface area contributed by atoms with E-state index in [1.165, 1.54) is 44.2 Å². The van der Waals surface area contributed by atoms with Crippen molar-refractivity contribution in [3.05, 3.63) is 0 Å². The van der Waals surface area contributed by atoms with E-state index in [4.69, 9.17) is 0 Å². The summed E-state index contributed by atoms with van der Waals surface area (Å²) in [6.07, 6.45) is 9.34. The number of hydrogen-bond acceptors (Lipinski definition) is 2. The Morgan fingerprint density at radius 1 is 1.00 bits per heavy atom. The van der Waals surface area contributed by atoms with Crippen LogP contribution in [0.3, 0.4) is 0 Å². The monoisotopic (exact) mass is 198 g/mol. The number of unbranched alkanes of at least 4 members (excludes halogenated alkanes) is 5. The highest BCUT2D eigenvalue weighted by atomic mass is 15.4. The molecule has 84 valence electrons. The van der Waals surface area contributed by atoms with Crippen molar-refractivity contribution in [3.8, 4) is 0 Å². The number of hydrazone groups is 1. The lowest BCUT2D eigenvalue weighted by molar-refractivity contribution is 0.435. The van der Waals surface area contributed by atoms with E-state index >= 15 is 0 Å². The smallest absolute Gasteiger partial charge is 0.0349 e. The summed E-state index contributed by atoms with van der Waals surface area (Å²) in [5.41, 5.74) is 1.26. The second-order valence-corrected chi connectivity index (χ2v) is 4.20. The zero-order chi connectivity index (χ0) is 10.8. The Balaban J connectivity index is 3.27. The average Bonchev–Trinajstić information content (AvgIpc) is 2.10. The molecule has 0 radical (unpaired) electrons. The van der Waals surface area contributed by atoms with E-state index in [1.807, 2.05) is 19.1 Å². The molecular weight excluding hydrogens is 172 g/mol. The van der Waals surface area contributed by atoms with Gasteiger partial charge in [0.1, 0.15) is 0 Å². The first kappa shape index (κ1) is 13.5. The highest BCUT2D eigenvalue weighted by molar-refractivity contribution is 5.81. The van der Waals surface area contributed by atoms with Crippen molar-refractivity contribution >= 4 is 5.71 Å². The molecule has 0 atom stereocenters. The molecule has 0 aliphatic rings. The molecule has 0 N–H and O–H groups in total. The van der Waals surface area contributed by atoms with Gasteiger partial charge in [0, 0.05) is 19.8 Å². The van der Waals surface area contributed by atoms with Crippen LogP contribution in [-0.4, -0.2) is 24.8 Å². The van der Waals surface area contributed by atoms with E-state index in [9.17, 15) is 0 Å². The van der Waals surface area contributed by atoms with Crippen molar-refractivity contribution in [2.75, 3.05) is 14.1 Å². The summed E-state index contributed by atoms with van der Waals surface area (Å²) in [6.45, 7) is 4.37. The third-order valence-electron chi connectivity index (χ3n) is 2.26. The van der Waals surface area contributed by atoms with Gasteiger partial charge in [-0.3, -0.25) is 0 Å². The second-order valence-electron chi connectivity index (χ2n) is 4.20. The van der Waals surface area contributed by atoms with Crippen LogP contribution in [0.25, 0.3) is 0 Å². The van der Waals surface area contributed by atoms with Gasteiger partial charge in [-0.1, -0.05) is 39.0 Å². The Morgan fingerprint density at radius 3 is 2.14 bits per heavy atom. The topological polar surface area (TPSA) is 15.6 Å². The molecule has 0 saturated carbocycles. The maximum Gasteiger partial charge on any atom is 0.0349 e. The van der Waals surface area contributed by atoms with Crippen molar-refractivity contribution in [1.29, 1.82) is 0 Å². The van der Waals surface area contributed by atoms with Crippen molar-refractivity contribution in [1.82, 2.24) is 5.01 Å². The van der Waals surface area contributed by atoms with Gasteiger partial charge in [0.05, 0.1) is 0 Å². The zero-order valence-electron chi connectivity index (χ0n) is 10.3. The van der Waals surface area contributed by atoms with E-state index in [-0.39, 0.29) is 0 Å². The maximum absolute atomic E-state index is 4.36. The largest absolute Gasteiger partial charge is 0.303 e. The minimum Gasteiger partial charge on any atom is -0.303 e. The Bertz CT molecular complexity index is 150. The Kier molecular flexibility index (Phi) is 8.70. The van der Waals surface area contributed by atoms with E-state index in [2.05, 4.69) is 18.9 Å². The van der Waals surface area contributed by atoms with Crippen LogP contribution < -0.4 is 0 Å². The van der Waals surface area contributed by atoms with Crippen LogP contribution in [0.15, 0.2) is 5.10 Å². The fourth-order valence-corrected chi connectivity index (χ4v) is 1.55. The maximum atomic E-state index is 4.36. The lowest BCUT2D eigenvalue weighted by atomic mass is 10.1. The Labute approximate surface area is 89.4 Å². The Hall–Kier alpha value is -0.530. The first-order valence-electron chi connectivity index (χ1n) is 5.88. The van der Waals surface area contributed by atoms with Crippen LogP contribution in [0.4, 0.5) is 0 Å². The van der Waals surface area contributed by atoms with Gasteiger partial charge in [-0.2, -0.15) is 5.10 Å². The molecule has 0 spiro atoms. The van der Waals surface area contributed by atoms with Crippen LogP contribution in [0.1, 0.15) is 58.8 Å². The van der Waals surface area contributed by atoms with Crippen LogP contribution >= 0.6 is 0 Å². The number of rotatable bonds is 8. The van der Waals surface area contributed by atoms with Crippen molar-refractivity contribution in [2.24, 2.45) is 5.10 Å². The van der Waals surface area contributed by atoms with Crippen LogP contribution in [0, 0.1) is 0 Å². The third-order valence-corrected chi connectivity index (χ3v) is 2.26. The summed E-state index contributed by atoms with van der Waals surface area (Å²) in [6, 6.07) is 0. The van der Waals surface area contributed by atoms with Gasteiger partial charge in [0.15, 0.2) is 0 Å². The number of nitrogens with zero attached hydrogens (tertiary/aromatic N) is 2. The molecule has 2 heteroatoms. The van der Waals surface area contributed by atoms with Crippen LogP contribution in [0.2, 0.25) is 0 Å². The summed E-state index contributed by atoms with van der Waals surface area (Å²) in [7, 11) is 3.95. The molecule has 0 aromatic heterocycles. The molecule has 2 nitrogen and oxygen atoms in total. The van der Waals surface area contributed by atoms with E-state index in [0.717, 1.165) is 6.42 Å². The zero-order valence-corrected chi connectivity index (χ0v) is 10.3. The number of hydrogen-bond donors (Lipinski definition) is 0. The molecule has 0 fully saturated rings. The van der Waals surface area contributed by atoms with E-state index < -0.39 is 0 Å². The van der Waals surface area contributed by atoms with Crippen molar-refractivity contribution in [2.45, 2.75) is 58.8 Å². The summed E-state index contributed by atoms with van der Waals surface area (Å²) >= 11 is 0. The predicted molar refractivity (Wildman–Crippen MR) is 64.8 cm³/mol. The highest BCUT2D eigenvalue weighted by Gasteiger charge is 1.94. The van der Waals surface area contributed by atoms with Crippen LogP contribution in [-0.2, 0) is 0 Å². The first-order valence-corrected chi connectivity index (χ1v) is 5.88. The second kappa shape index (κ2) is 9.04. The minimum absolute atomic E-state index is 1.16. The van der Waals surface area contributed by atoms with Crippen molar-refractivity contribution < 1.29 is 0 Å².